The molecule has 0 unspecified atom stereocenters. The third-order valence-corrected chi connectivity index (χ3v) is 3.18. The normalized spacial score (nSPS) is 10.1. The summed E-state index contributed by atoms with van der Waals surface area (Å²) >= 11 is 5.75. The van der Waals surface area contributed by atoms with E-state index < -0.39 is 33.7 Å². The molecule has 0 spiro atoms. The number of carbonyl (C=O) groups is 1. The summed E-state index contributed by atoms with van der Waals surface area (Å²) in [6.45, 7) is -0.620. The van der Waals surface area contributed by atoms with Gasteiger partial charge in [0.05, 0.1) is 21.6 Å². The van der Waals surface area contributed by atoms with Gasteiger partial charge < -0.3 is 15.2 Å². The molecule has 0 aliphatic heterocycles. The summed E-state index contributed by atoms with van der Waals surface area (Å²) in [5.41, 5.74) is -1.08. The first-order valence-corrected chi connectivity index (χ1v) is 6.99. The topological polar surface area (TPSA) is 145 Å². The summed E-state index contributed by atoms with van der Waals surface area (Å²) in [5, 5.41) is 33.8. The average Bonchev–Trinajstić information content (AvgIpc) is 2.56. The molecule has 2 aromatic rings. The van der Waals surface area contributed by atoms with Crippen molar-refractivity contribution in [3.63, 3.8) is 0 Å². The molecule has 0 aromatic heterocycles. The van der Waals surface area contributed by atoms with Gasteiger partial charge in [0.25, 0.3) is 11.6 Å². The van der Waals surface area contributed by atoms with E-state index in [0.717, 1.165) is 18.2 Å². The van der Waals surface area contributed by atoms with Crippen molar-refractivity contribution in [3.8, 4) is 11.5 Å². The number of nitrogens with zero attached hydrogens (tertiary/aromatic N) is 2. The fourth-order valence-electron chi connectivity index (χ4n) is 1.82. The Morgan fingerprint density at radius 3 is 2.52 bits per heavy atom. The van der Waals surface area contributed by atoms with Gasteiger partial charge in [0.15, 0.2) is 12.4 Å². The zero-order valence-electron chi connectivity index (χ0n) is 12.3. The highest BCUT2D eigenvalue weighted by Gasteiger charge is 2.21. The van der Waals surface area contributed by atoms with Gasteiger partial charge in [-0.3, -0.25) is 25.0 Å². The quantitative estimate of drug-likeness (QED) is 0.453. The molecule has 0 atom stereocenters. The lowest BCUT2D eigenvalue weighted by atomic mass is 10.2. The number of non-ortho nitro benzene ring substituents is 1. The van der Waals surface area contributed by atoms with Crippen LogP contribution in [-0.2, 0) is 4.79 Å². The summed E-state index contributed by atoms with van der Waals surface area (Å²) in [6, 6.07) is 6.78. The third kappa shape index (κ3) is 4.54. The number of nitro groups is 2. The summed E-state index contributed by atoms with van der Waals surface area (Å²) in [7, 11) is 0. The first kappa shape index (κ1) is 17.9. The van der Waals surface area contributed by atoms with Gasteiger partial charge in [-0.1, -0.05) is 11.6 Å². The van der Waals surface area contributed by atoms with E-state index in [9.17, 15) is 30.1 Å². The molecule has 0 heterocycles. The van der Waals surface area contributed by atoms with Crippen LogP contribution in [0.2, 0.25) is 5.02 Å². The van der Waals surface area contributed by atoms with Gasteiger partial charge in [0.1, 0.15) is 5.75 Å². The summed E-state index contributed by atoms with van der Waals surface area (Å²) in [5.74, 6) is -1.25. The first-order valence-electron chi connectivity index (χ1n) is 6.62. The molecule has 0 bridgehead atoms. The van der Waals surface area contributed by atoms with Gasteiger partial charge in [-0.2, -0.15) is 0 Å². The molecular weight excluding hydrogens is 358 g/mol. The van der Waals surface area contributed by atoms with Crippen LogP contribution in [-0.4, -0.2) is 27.5 Å². The van der Waals surface area contributed by atoms with Gasteiger partial charge in [0, 0.05) is 11.1 Å². The minimum absolute atomic E-state index is 0.0410. The highest BCUT2D eigenvalue weighted by molar-refractivity contribution is 6.31. The number of rotatable bonds is 6. The van der Waals surface area contributed by atoms with Crippen LogP contribution in [0.1, 0.15) is 0 Å². The molecule has 2 N–H and O–H groups in total. The Morgan fingerprint density at radius 1 is 1.16 bits per heavy atom. The van der Waals surface area contributed by atoms with Crippen molar-refractivity contribution in [2.24, 2.45) is 0 Å². The van der Waals surface area contributed by atoms with Crippen LogP contribution in [0.15, 0.2) is 36.4 Å². The number of phenols is 1. The van der Waals surface area contributed by atoms with Crippen LogP contribution in [0.3, 0.4) is 0 Å². The zero-order chi connectivity index (χ0) is 18.6. The van der Waals surface area contributed by atoms with E-state index in [2.05, 4.69) is 5.32 Å². The van der Waals surface area contributed by atoms with Crippen LogP contribution in [0, 0.1) is 20.2 Å². The number of anilines is 1. The van der Waals surface area contributed by atoms with Gasteiger partial charge in [-0.15, -0.1) is 0 Å². The van der Waals surface area contributed by atoms with E-state index in [-0.39, 0.29) is 22.2 Å². The van der Waals surface area contributed by atoms with Crippen molar-refractivity contribution in [3.05, 3.63) is 61.6 Å². The molecule has 2 aromatic carbocycles. The molecule has 0 aliphatic carbocycles. The van der Waals surface area contributed by atoms with E-state index >= 15 is 0 Å². The fraction of sp³-hybridized carbons (Fsp3) is 0.0714. The van der Waals surface area contributed by atoms with Crippen molar-refractivity contribution in [1.82, 2.24) is 0 Å². The maximum atomic E-state index is 11.8. The van der Waals surface area contributed by atoms with Gasteiger partial charge in [0.2, 0.25) is 0 Å². The Balaban J connectivity index is 2.10. The lowest BCUT2D eigenvalue weighted by Gasteiger charge is -2.09. The fourth-order valence-corrected chi connectivity index (χ4v) is 1.99. The van der Waals surface area contributed by atoms with Crippen molar-refractivity contribution in [2.45, 2.75) is 0 Å². The molecule has 130 valence electrons. The standard InChI is InChI=1S/C14H10ClN3O7/c15-8-1-3-12(19)10(5-8)16-14(20)7-25-13-4-2-9(17(21)22)6-11(13)18(23)24/h1-6,19H,7H2,(H,16,20). The number of phenolic OH excluding ortho intramolecular Hbond substituents is 1. The lowest BCUT2D eigenvalue weighted by molar-refractivity contribution is -0.394. The highest BCUT2D eigenvalue weighted by atomic mass is 35.5. The Bertz CT molecular complexity index is 856. The predicted octanol–water partition coefficient (Wildman–Crippen LogP) is 2.88. The highest BCUT2D eigenvalue weighted by Crippen LogP contribution is 2.31. The number of nitrogens with one attached hydrogen (secondary N) is 1. The molecule has 0 saturated heterocycles. The zero-order valence-corrected chi connectivity index (χ0v) is 13.1. The van der Waals surface area contributed by atoms with E-state index in [1.54, 1.807) is 0 Å². The van der Waals surface area contributed by atoms with Crippen LogP contribution in [0.5, 0.6) is 11.5 Å². The second kappa shape index (κ2) is 7.45. The SMILES string of the molecule is O=C(COc1ccc([N+](=O)[O-])cc1[N+](=O)[O-])Nc1cc(Cl)ccc1O. The maximum absolute atomic E-state index is 11.8. The minimum Gasteiger partial charge on any atom is -0.506 e. The van der Waals surface area contributed by atoms with Gasteiger partial charge in [-0.05, 0) is 24.3 Å². The van der Waals surface area contributed by atoms with Crippen molar-refractivity contribution < 1.29 is 24.5 Å². The summed E-state index contributed by atoms with van der Waals surface area (Å²) < 4.78 is 5.05. The number of halogens is 1. The lowest BCUT2D eigenvalue weighted by Crippen LogP contribution is -2.20. The Morgan fingerprint density at radius 2 is 1.88 bits per heavy atom. The molecule has 2 rings (SSSR count). The number of hydrogen-bond donors (Lipinski definition) is 2. The van der Waals surface area contributed by atoms with Crippen LogP contribution in [0.4, 0.5) is 17.1 Å². The van der Waals surface area contributed by atoms with Crippen molar-refractivity contribution in [1.29, 1.82) is 0 Å². The minimum atomic E-state index is -0.858. The molecule has 1 amide bonds. The second-order valence-corrected chi connectivity index (χ2v) is 5.10. The van der Waals surface area contributed by atoms with E-state index in [0.29, 0.717) is 0 Å². The molecule has 0 saturated carbocycles. The van der Waals surface area contributed by atoms with Crippen LogP contribution < -0.4 is 10.1 Å². The maximum Gasteiger partial charge on any atom is 0.317 e. The number of nitro benzene ring substituents is 2. The summed E-state index contributed by atoms with van der Waals surface area (Å²) in [6.07, 6.45) is 0. The molecule has 0 fully saturated rings. The number of hydrogen-bond acceptors (Lipinski definition) is 7. The van der Waals surface area contributed by atoms with Crippen LogP contribution >= 0.6 is 11.6 Å². The van der Waals surface area contributed by atoms with Crippen LogP contribution in [0.25, 0.3) is 0 Å². The molecule has 10 nitrogen and oxygen atoms in total. The number of carbonyl (C=O) groups excluding carboxylic acids is 1. The Hall–Kier alpha value is -3.40. The third-order valence-electron chi connectivity index (χ3n) is 2.94. The smallest absolute Gasteiger partial charge is 0.317 e. The largest absolute Gasteiger partial charge is 0.506 e. The predicted molar refractivity (Wildman–Crippen MR) is 87.0 cm³/mol. The van der Waals surface area contributed by atoms with E-state index in [4.69, 9.17) is 16.3 Å². The van der Waals surface area contributed by atoms with Crippen molar-refractivity contribution >= 4 is 34.6 Å². The average molecular weight is 368 g/mol. The first-order chi connectivity index (χ1) is 11.8. The Kier molecular flexibility index (Phi) is 5.35. The number of ether oxygens (including phenoxy) is 1. The molecular formula is C14H10ClN3O7. The van der Waals surface area contributed by atoms with E-state index in [1.165, 1.54) is 18.2 Å². The number of amides is 1. The second-order valence-electron chi connectivity index (χ2n) is 4.66. The number of benzene rings is 2. The van der Waals surface area contributed by atoms with Gasteiger partial charge >= 0.3 is 5.69 Å². The van der Waals surface area contributed by atoms with Crippen molar-refractivity contribution in [2.75, 3.05) is 11.9 Å². The summed E-state index contributed by atoms with van der Waals surface area (Å²) in [4.78, 5) is 31.8. The monoisotopic (exact) mass is 367 g/mol. The van der Waals surface area contributed by atoms with Gasteiger partial charge in [-0.25, -0.2) is 0 Å². The molecule has 11 heteroatoms. The molecule has 0 aliphatic rings. The molecule has 0 radical (unpaired) electrons. The van der Waals surface area contributed by atoms with E-state index in [1.807, 2.05) is 0 Å². The number of aromatic hydroxyl groups is 1. The molecule has 25 heavy (non-hydrogen) atoms. The Labute approximate surface area is 144 Å².